The molecule has 7 nitrogen and oxygen atoms in total. The molecule has 1 aliphatic rings. The summed E-state index contributed by atoms with van der Waals surface area (Å²) in [5.74, 6) is 1.50. The maximum absolute atomic E-state index is 11.7. The molecule has 0 heterocycles. The summed E-state index contributed by atoms with van der Waals surface area (Å²) in [6, 6.07) is 7.53. The fourth-order valence-corrected chi connectivity index (χ4v) is 3.21. The van der Waals surface area contributed by atoms with Gasteiger partial charge in [0, 0.05) is 33.4 Å². The Bertz CT molecular complexity index is 694. The fourth-order valence-electron chi connectivity index (χ4n) is 2.44. The van der Waals surface area contributed by atoms with E-state index in [0.717, 1.165) is 49.2 Å². The lowest BCUT2D eigenvalue weighted by Crippen LogP contribution is -2.37. The van der Waals surface area contributed by atoms with Crippen LogP contribution in [0.15, 0.2) is 29.3 Å². The largest absolute Gasteiger partial charge is 0.381 e. The number of sulfonamides is 1. The summed E-state index contributed by atoms with van der Waals surface area (Å²) >= 11 is 0. The van der Waals surface area contributed by atoms with E-state index in [-0.39, 0.29) is 29.7 Å². The molecule has 1 aromatic rings. The normalized spacial score (nSPS) is 14.5. The third-order valence-electron chi connectivity index (χ3n) is 4.15. The highest BCUT2D eigenvalue weighted by atomic mass is 127. The van der Waals surface area contributed by atoms with Crippen molar-refractivity contribution in [2.75, 3.05) is 33.9 Å². The van der Waals surface area contributed by atoms with Crippen molar-refractivity contribution < 1.29 is 13.2 Å². The second-order valence-electron chi connectivity index (χ2n) is 6.51. The number of guanidine groups is 1. The average molecular weight is 510 g/mol. The van der Waals surface area contributed by atoms with Crippen LogP contribution in [-0.4, -0.2) is 48.2 Å². The van der Waals surface area contributed by atoms with Crippen LogP contribution < -0.4 is 15.4 Å². The minimum Gasteiger partial charge on any atom is -0.381 e. The molecule has 1 aliphatic carbocycles. The van der Waals surface area contributed by atoms with Crippen molar-refractivity contribution in [1.29, 1.82) is 0 Å². The highest BCUT2D eigenvalue weighted by molar-refractivity contribution is 14.0. The van der Waals surface area contributed by atoms with Gasteiger partial charge in [-0.1, -0.05) is 24.3 Å². The Morgan fingerprint density at radius 3 is 2.67 bits per heavy atom. The highest BCUT2D eigenvalue weighted by Crippen LogP contribution is 2.28. The molecule has 1 aromatic carbocycles. The van der Waals surface area contributed by atoms with Crippen molar-refractivity contribution in [3.05, 3.63) is 35.4 Å². The summed E-state index contributed by atoms with van der Waals surface area (Å²) in [6.07, 6.45) is 3.57. The van der Waals surface area contributed by atoms with Crippen molar-refractivity contribution in [2.45, 2.75) is 31.6 Å². The van der Waals surface area contributed by atoms with Gasteiger partial charge in [0.25, 0.3) is 0 Å². The summed E-state index contributed by atoms with van der Waals surface area (Å²) in [7, 11) is -0.110. The molecule has 9 heteroatoms. The number of hydrogen-bond acceptors (Lipinski definition) is 4. The molecule has 0 saturated heterocycles. The third kappa shape index (κ3) is 10.3. The van der Waals surface area contributed by atoms with E-state index in [1.54, 1.807) is 7.05 Å². The first-order valence-electron chi connectivity index (χ1n) is 9.03. The highest BCUT2D eigenvalue weighted by Gasteiger charge is 2.20. The molecule has 154 valence electrons. The van der Waals surface area contributed by atoms with Gasteiger partial charge in [0.2, 0.25) is 10.0 Å². The predicted molar refractivity (Wildman–Crippen MR) is 120 cm³/mol. The van der Waals surface area contributed by atoms with Gasteiger partial charge in [0.15, 0.2) is 5.96 Å². The van der Waals surface area contributed by atoms with Gasteiger partial charge >= 0.3 is 0 Å². The number of nitrogens with one attached hydrogen (secondary N) is 3. The van der Waals surface area contributed by atoms with Crippen LogP contribution >= 0.6 is 24.0 Å². The number of hydrogen-bond donors (Lipinski definition) is 3. The van der Waals surface area contributed by atoms with Crippen LogP contribution in [0.5, 0.6) is 0 Å². The molecule has 0 bridgehead atoms. The Kier molecular flexibility index (Phi) is 11.2. The van der Waals surface area contributed by atoms with Gasteiger partial charge < -0.3 is 15.4 Å². The zero-order valence-electron chi connectivity index (χ0n) is 16.0. The topological polar surface area (TPSA) is 91.8 Å². The predicted octanol–water partition coefficient (Wildman–Crippen LogP) is 1.84. The van der Waals surface area contributed by atoms with Crippen LogP contribution in [0.1, 0.15) is 30.4 Å². The summed E-state index contributed by atoms with van der Waals surface area (Å²) in [5.41, 5.74) is 1.76. The fraction of sp³-hybridized carbons (Fsp3) is 0.611. The van der Waals surface area contributed by atoms with E-state index in [2.05, 4.69) is 20.3 Å². The molecule has 2 rings (SSSR count). The van der Waals surface area contributed by atoms with Crippen molar-refractivity contribution in [3.8, 4) is 0 Å². The van der Waals surface area contributed by atoms with E-state index in [0.29, 0.717) is 6.54 Å². The van der Waals surface area contributed by atoms with Crippen molar-refractivity contribution >= 4 is 40.0 Å². The van der Waals surface area contributed by atoms with Crippen molar-refractivity contribution in [3.63, 3.8) is 0 Å². The molecular formula is C18H31IN4O3S. The minimum atomic E-state index is -3.26. The Balaban J connectivity index is 0.00000364. The molecule has 0 aromatic heterocycles. The van der Waals surface area contributed by atoms with E-state index in [1.807, 2.05) is 24.3 Å². The second kappa shape index (κ2) is 12.5. The van der Waals surface area contributed by atoms with Gasteiger partial charge in [-0.2, -0.15) is 0 Å². The smallest absolute Gasteiger partial charge is 0.215 e. The molecule has 0 atom stereocenters. The first kappa shape index (κ1) is 24.1. The molecule has 0 radical (unpaired) electrons. The van der Waals surface area contributed by atoms with Crippen LogP contribution in [0.4, 0.5) is 0 Å². The Morgan fingerprint density at radius 2 is 2.00 bits per heavy atom. The maximum atomic E-state index is 11.7. The molecule has 3 N–H and O–H groups in total. The standard InChI is InChI=1S/C18H30N4O3S.HI/c1-19-18(21-9-4-10-25-13-15-7-8-15)22-12-16-5-3-6-17(11-16)14-26(23,24)20-2;/h3,5-6,11,15,20H,4,7-10,12-14H2,1-2H3,(H2,19,21,22);1H. The van der Waals surface area contributed by atoms with Crippen LogP contribution in [0, 0.1) is 5.92 Å². The summed E-state index contributed by atoms with van der Waals surface area (Å²) in [5, 5.41) is 6.50. The number of benzene rings is 1. The molecule has 0 amide bonds. The summed E-state index contributed by atoms with van der Waals surface area (Å²) < 4.78 is 31.3. The lowest BCUT2D eigenvalue weighted by molar-refractivity contribution is 0.123. The Hall–Kier alpha value is -0.910. The zero-order chi connectivity index (χ0) is 18.8. The lowest BCUT2D eigenvalue weighted by Gasteiger charge is -2.12. The number of rotatable bonds is 11. The minimum absolute atomic E-state index is 0. The zero-order valence-corrected chi connectivity index (χ0v) is 19.2. The molecule has 27 heavy (non-hydrogen) atoms. The van der Waals surface area contributed by atoms with Gasteiger partial charge in [0.1, 0.15) is 0 Å². The first-order valence-corrected chi connectivity index (χ1v) is 10.7. The number of ether oxygens (including phenoxy) is 1. The van der Waals surface area contributed by atoms with Gasteiger partial charge in [-0.25, -0.2) is 13.1 Å². The monoisotopic (exact) mass is 510 g/mol. The quantitative estimate of drug-likeness (QED) is 0.183. The van der Waals surface area contributed by atoms with E-state index >= 15 is 0 Å². The van der Waals surface area contributed by atoms with Crippen LogP contribution in [0.25, 0.3) is 0 Å². The van der Waals surface area contributed by atoms with E-state index in [9.17, 15) is 8.42 Å². The van der Waals surface area contributed by atoms with Gasteiger partial charge in [-0.15, -0.1) is 24.0 Å². The molecule has 1 fully saturated rings. The average Bonchev–Trinajstić information content (AvgIpc) is 3.45. The maximum Gasteiger partial charge on any atom is 0.215 e. The second-order valence-corrected chi connectivity index (χ2v) is 8.43. The molecule has 0 spiro atoms. The summed E-state index contributed by atoms with van der Waals surface area (Å²) in [4.78, 5) is 4.20. The third-order valence-corrected chi connectivity index (χ3v) is 5.49. The first-order chi connectivity index (χ1) is 12.5. The van der Waals surface area contributed by atoms with Crippen molar-refractivity contribution in [1.82, 2.24) is 15.4 Å². The Labute approximate surface area is 179 Å². The molecule has 0 unspecified atom stereocenters. The van der Waals surface area contributed by atoms with E-state index < -0.39 is 10.0 Å². The van der Waals surface area contributed by atoms with Gasteiger partial charge in [0.05, 0.1) is 5.75 Å². The molecule has 0 aliphatic heterocycles. The van der Waals surface area contributed by atoms with Crippen molar-refractivity contribution in [2.24, 2.45) is 10.9 Å². The van der Waals surface area contributed by atoms with Crippen LogP contribution in [0.3, 0.4) is 0 Å². The van der Waals surface area contributed by atoms with Gasteiger partial charge in [-0.3, -0.25) is 4.99 Å². The number of nitrogens with zero attached hydrogens (tertiary/aromatic N) is 1. The molecule has 1 saturated carbocycles. The lowest BCUT2D eigenvalue weighted by atomic mass is 10.1. The van der Waals surface area contributed by atoms with Gasteiger partial charge in [-0.05, 0) is 43.4 Å². The number of halogens is 1. The van der Waals surface area contributed by atoms with Crippen LogP contribution in [-0.2, 0) is 27.1 Å². The Morgan fingerprint density at radius 1 is 1.26 bits per heavy atom. The van der Waals surface area contributed by atoms with E-state index in [4.69, 9.17) is 4.74 Å². The number of aliphatic imine (C=N–C) groups is 1. The molecular weight excluding hydrogens is 479 g/mol. The van der Waals surface area contributed by atoms with E-state index in [1.165, 1.54) is 19.9 Å². The van der Waals surface area contributed by atoms with Crippen LogP contribution in [0.2, 0.25) is 0 Å². The summed E-state index contributed by atoms with van der Waals surface area (Å²) in [6.45, 7) is 3.03. The SMILES string of the molecule is CN=C(NCCCOCC1CC1)NCc1cccc(CS(=O)(=O)NC)c1.I.